The molecule has 0 saturated carbocycles. The Balaban J connectivity index is 2.75. The molecule has 0 radical (unpaired) electrons. The van der Waals surface area contributed by atoms with Gasteiger partial charge in [0.05, 0.1) is 0 Å². The maximum Gasteiger partial charge on any atom is 0.0427 e. The summed E-state index contributed by atoms with van der Waals surface area (Å²) in [4.78, 5) is 4.22. The molecule has 0 aliphatic carbocycles. The Labute approximate surface area is 90.5 Å². The van der Waals surface area contributed by atoms with Gasteiger partial charge in [0.25, 0.3) is 0 Å². The number of hydrogen-bond acceptors (Lipinski definition) is 3. The Morgan fingerprint density at radius 2 is 2.29 bits per heavy atom. The van der Waals surface area contributed by atoms with Gasteiger partial charge in [-0.05, 0) is 30.9 Å². The molecule has 0 aromatic carbocycles. The summed E-state index contributed by atoms with van der Waals surface area (Å²) in [5.74, 6) is 1.10. The topological polar surface area (TPSA) is 24.9 Å². The van der Waals surface area contributed by atoms with Gasteiger partial charge in [0.1, 0.15) is 0 Å². The van der Waals surface area contributed by atoms with Crippen molar-refractivity contribution in [1.82, 2.24) is 10.3 Å². The van der Waals surface area contributed by atoms with E-state index in [0.717, 1.165) is 12.3 Å². The summed E-state index contributed by atoms with van der Waals surface area (Å²) in [6, 6.07) is 2.64. The lowest BCUT2D eigenvalue weighted by molar-refractivity contribution is 0.604. The Hall–Kier alpha value is -0.540. The van der Waals surface area contributed by atoms with Crippen molar-refractivity contribution in [2.24, 2.45) is 0 Å². The summed E-state index contributed by atoms with van der Waals surface area (Å²) < 4.78 is 0. The standard InChI is InChI=1S/C11H18N2S/c1-4-13-11(8-14-3)10-5-9(2)6-12-7-10/h5-7,11,13H,4,8H2,1-3H3. The number of hydrogen-bond donors (Lipinski definition) is 1. The third-order valence-corrected chi connectivity index (χ3v) is 2.75. The van der Waals surface area contributed by atoms with Crippen LogP contribution >= 0.6 is 11.8 Å². The van der Waals surface area contributed by atoms with E-state index in [0.29, 0.717) is 6.04 Å². The second-order valence-electron chi connectivity index (χ2n) is 3.36. The van der Waals surface area contributed by atoms with E-state index in [2.05, 4.69) is 36.5 Å². The fraction of sp³-hybridized carbons (Fsp3) is 0.545. The van der Waals surface area contributed by atoms with Gasteiger partial charge in [-0.3, -0.25) is 4.98 Å². The summed E-state index contributed by atoms with van der Waals surface area (Å²) in [6.45, 7) is 5.22. The molecule has 0 spiro atoms. The molecule has 0 amide bonds. The summed E-state index contributed by atoms with van der Waals surface area (Å²) in [5, 5.41) is 3.47. The second-order valence-corrected chi connectivity index (χ2v) is 4.27. The number of aryl methyl sites for hydroxylation is 1. The minimum absolute atomic E-state index is 0.433. The lowest BCUT2D eigenvalue weighted by atomic mass is 10.1. The van der Waals surface area contributed by atoms with E-state index in [-0.39, 0.29) is 0 Å². The first-order valence-electron chi connectivity index (χ1n) is 4.91. The number of rotatable bonds is 5. The van der Waals surface area contributed by atoms with Crippen molar-refractivity contribution in [3.63, 3.8) is 0 Å². The minimum Gasteiger partial charge on any atom is -0.309 e. The lowest BCUT2D eigenvalue weighted by Gasteiger charge is -2.16. The zero-order valence-electron chi connectivity index (χ0n) is 9.08. The highest BCUT2D eigenvalue weighted by molar-refractivity contribution is 7.98. The lowest BCUT2D eigenvalue weighted by Crippen LogP contribution is -2.23. The molecular weight excluding hydrogens is 192 g/mol. The molecule has 0 bridgehead atoms. The first kappa shape index (κ1) is 11.5. The van der Waals surface area contributed by atoms with E-state index in [4.69, 9.17) is 0 Å². The van der Waals surface area contributed by atoms with Gasteiger partial charge < -0.3 is 5.32 Å². The highest BCUT2D eigenvalue weighted by Crippen LogP contribution is 2.16. The van der Waals surface area contributed by atoms with E-state index < -0.39 is 0 Å². The van der Waals surface area contributed by atoms with Crippen LogP contribution in [0.15, 0.2) is 18.5 Å². The molecule has 1 rings (SSSR count). The Bertz CT molecular complexity index is 270. The summed E-state index contributed by atoms with van der Waals surface area (Å²) in [5.41, 5.74) is 2.52. The van der Waals surface area contributed by atoms with Crippen molar-refractivity contribution in [3.8, 4) is 0 Å². The van der Waals surface area contributed by atoms with Gasteiger partial charge in [-0.25, -0.2) is 0 Å². The average Bonchev–Trinajstić information content (AvgIpc) is 2.17. The Morgan fingerprint density at radius 3 is 2.86 bits per heavy atom. The molecular formula is C11H18N2S. The van der Waals surface area contributed by atoms with Gasteiger partial charge >= 0.3 is 0 Å². The van der Waals surface area contributed by atoms with Crippen molar-refractivity contribution in [2.75, 3.05) is 18.6 Å². The molecule has 0 aliphatic heterocycles. The van der Waals surface area contributed by atoms with E-state index >= 15 is 0 Å². The van der Waals surface area contributed by atoms with Gasteiger partial charge in [-0.2, -0.15) is 11.8 Å². The van der Waals surface area contributed by atoms with Crippen LogP contribution in [0.4, 0.5) is 0 Å². The third kappa shape index (κ3) is 3.31. The summed E-state index contributed by atoms with van der Waals surface area (Å²) >= 11 is 1.86. The van der Waals surface area contributed by atoms with Crippen LogP contribution < -0.4 is 5.32 Å². The zero-order valence-corrected chi connectivity index (χ0v) is 9.90. The predicted octanol–water partition coefficient (Wildman–Crippen LogP) is 2.40. The van der Waals surface area contributed by atoms with Gasteiger partial charge in [-0.1, -0.05) is 13.0 Å². The van der Waals surface area contributed by atoms with Crippen LogP contribution in [0.25, 0.3) is 0 Å². The molecule has 1 aromatic heterocycles. The molecule has 1 unspecified atom stereocenters. The zero-order chi connectivity index (χ0) is 10.4. The SMILES string of the molecule is CCNC(CSC)c1cncc(C)c1. The average molecular weight is 210 g/mol. The summed E-state index contributed by atoms with van der Waals surface area (Å²) in [6.07, 6.45) is 5.98. The van der Waals surface area contributed by atoms with Crippen LogP contribution in [0.1, 0.15) is 24.1 Å². The number of thioether (sulfide) groups is 1. The molecule has 0 fully saturated rings. The van der Waals surface area contributed by atoms with Crippen molar-refractivity contribution in [1.29, 1.82) is 0 Å². The molecule has 0 saturated heterocycles. The van der Waals surface area contributed by atoms with Crippen molar-refractivity contribution < 1.29 is 0 Å². The van der Waals surface area contributed by atoms with E-state index in [1.165, 1.54) is 11.1 Å². The third-order valence-electron chi connectivity index (χ3n) is 2.08. The largest absolute Gasteiger partial charge is 0.309 e. The number of aromatic nitrogens is 1. The number of nitrogens with zero attached hydrogens (tertiary/aromatic N) is 1. The second kappa shape index (κ2) is 6.04. The maximum atomic E-state index is 4.22. The molecule has 0 aliphatic rings. The molecule has 1 atom stereocenters. The van der Waals surface area contributed by atoms with Crippen LogP contribution in [0, 0.1) is 6.92 Å². The van der Waals surface area contributed by atoms with Gasteiger partial charge in [0.2, 0.25) is 0 Å². The normalized spacial score (nSPS) is 12.8. The monoisotopic (exact) mass is 210 g/mol. The van der Waals surface area contributed by atoms with Crippen LogP contribution in [-0.4, -0.2) is 23.5 Å². The molecule has 14 heavy (non-hydrogen) atoms. The first-order chi connectivity index (χ1) is 6.77. The van der Waals surface area contributed by atoms with Gasteiger partial charge in [-0.15, -0.1) is 0 Å². The molecule has 1 aromatic rings. The van der Waals surface area contributed by atoms with Crippen LogP contribution in [0.2, 0.25) is 0 Å². The van der Waals surface area contributed by atoms with Crippen molar-refractivity contribution in [3.05, 3.63) is 29.6 Å². The quantitative estimate of drug-likeness (QED) is 0.808. The molecule has 2 nitrogen and oxygen atoms in total. The molecule has 1 heterocycles. The molecule has 1 N–H and O–H groups in total. The highest BCUT2D eigenvalue weighted by atomic mass is 32.2. The smallest absolute Gasteiger partial charge is 0.0427 e. The molecule has 3 heteroatoms. The van der Waals surface area contributed by atoms with Crippen molar-refractivity contribution >= 4 is 11.8 Å². The van der Waals surface area contributed by atoms with Gasteiger partial charge in [0.15, 0.2) is 0 Å². The fourth-order valence-electron chi connectivity index (χ4n) is 1.45. The Morgan fingerprint density at radius 1 is 1.50 bits per heavy atom. The predicted molar refractivity (Wildman–Crippen MR) is 63.8 cm³/mol. The fourth-order valence-corrected chi connectivity index (χ4v) is 2.10. The molecule has 78 valence electrons. The van der Waals surface area contributed by atoms with Crippen LogP contribution in [0.5, 0.6) is 0 Å². The first-order valence-corrected chi connectivity index (χ1v) is 6.31. The van der Waals surface area contributed by atoms with Crippen molar-refractivity contribution in [2.45, 2.75) is 19.9 Å². The van der Waals surface area contributed by atoms with E-state index in [1.807, 2.05) is 24.2 Å². The Kier molecular flexibility index (Phi) is 4.98. The van der Waals surface area contributed by atoms with Gasteiger partial charge in [0, 0.05) is 24.2 Å². The van der Waals surface area contributed by atoms with Crippen LogP contribution in [-0.2, 0) is 0 Å². The number of nitrogens with one attached hydrogen (secondary N) is 1. The number of pyridine rings is 1. The summed E-state index contributed by atoms with van der Waals surface area (Å²) in [7, 11) is 0. The highest BCUT2D eigenvalue weighted by Gasteiger charge is 2.09. The minimum atomic E-state index is 0.433. The van der Waals surface area contributed by atoms with E-state index in [9.17, 15) is 0 Å². The maximum absolute atomic E-state index is 4.22. The van der Waals surface area contributed by atoms with Crippen LogP contribution in [0.3, 0.4) is 0 Å². The van der Waals surface area contributed by atoms with E-state index in [1.54, 1.807) is 0 Å².